The summed E-state index contributed by atoms with van der Waals surface area (Å²) < 4.78 is 0. The van der Waals surface area contributed by atoms with E-state index in [0.29, 0.717) is 13.0 Å². The Hall–Kier alpha value is -1.10. The first-order valence-corrected chi connectivity index (χ1v) is 6.07. The smallest absolute Gasteiger partial charge is 0.309 e. The molecule has 1 aliphatic rings. The van der Waals surface area contributed by atoms with E-state index in [-0.39, 0.29) is 11.5 Å². The third-order valence-corrected chi connectivity index (χ3v) is 2.82. The first kappa shape index (κ1) is 14.0. The molecule has 0 unspecified atom stereocenters. The molecular formula is C12H22N2O3. The number of aliphatic hydroxyl groups is 1. The van der Waals surface area contributed by atoms with Gasteiger partial charge in [-0.2, -0.15) is 0 Å². The normalized spacial score (nSPS) is 17.4. The average molecular weight is 242 g/mol. The van der Waals surface area contributed by atoms with Gasteiger partial charge in [-0.05, 0) is 24.7 Å². The van der Waals surface area contributed by atoms with E-state index in [4.69, 9.17) is 0 Å². The number of aliphatic hydroxyl groups excluding tert-OH is 1. The molecule has 0 radical (unpaired) electrons. The summed E-state index contributed by atoms with van der Waals surface area (Å²) in [5, 5.41) is 14.9. The highest BCUT2D eigenvalue weighted by Gasteiger charge is 2.26. The van der Waals surface area contributed by atoms with Crippen LogP contribution in [0.1, 0.15) is 40.0 Å². The van der Waals surface area contributed by atoms with Crippen molar-refractivity contribution in [2.45, 2.75) is 52.2 Å². The number of nitrogens with one attached hydrogen (secondary N) is 2. The second-order valence-electron chi connectivity index (χ2n) is 5.67. The molecule has 98 valence electrons. The lowest BCUT2D eigenvalue weighted by Gasteiger charge is -2.25. The number of carbonyl (C=O) groups is 2. The van der Waals surface area contributed by atoms with Crippen LogP contribution in [0.2, 0.25) is 0 Å². The second kappa shape index (κ2) is 5.49. The number of rotatable bonds is 4. The zero-order chi connectivity index (χ0) is 13.1. The molecule has 1 rings (SSSR count). The summed E-state index contributed by atoms with van der Waals surface area (Å²) in [6, 6.07) is 0.188. The predicted molar refractivity (Wildman–Crippen MR) is 64.3 cm³/mol. The molecule has 0 spiro atoms. The van der Waals surface area contributed by atoms with Crippen LogP contribution in [0.3, 0.4) is 0 Å². The number of hydrogen-bond acceptors (Lipinski definition) is 3. The van der Waals surface area contributed by atoms with Crippen molar-refractivity contribution in [3.63, 3.8) is 0 Å². The highest BCUT2D eigenvalue weighted by molar-refractivity contribution is 6.35. The Morgan fingerprint density at radius 1 is 1.29 bits per heavy atom. The molecule has 0 bridgehead atoms. The highest BCUT2D eigenvalue weighted by Crippen LogP contribution is 2.21. The Kier molecular flexibility index (Phi) is 4.51. The summed E-state index contributed by atoms with van der Waals surface area (Å²) >= 11 is 0. The van der Waals surface area contributed by atoms with E-state index >= 15 is 0 Å². The van der Waals surface area contributed by atoms with Crippen LogP contribution >= 0.6 is 0 Å². The second-order valence-corrected chi connectivity index (χ2v) is 5.67. The van der Waals surface area contributed by atoms with Gasteiger partial charge in [0.1, 0.15) is 0 Å². The summed E-state index contributed by atoms with van der Waals surface area (Å²) in [5.41, 5.74) is -0.207. The van der Waals surface area contributed by atoms with Gasteiger partial charge < -0.3 is 15.7 Å². The quantitative estimate of drug-likeness (QED) is 0.615. The largest absolute Gasteiger partial charge is 0.393 e. The molecule has 0 aromatic heterocycles. The van der Waals surface area contributed by atoms with Crippen molar-refractivity contribution in [1.82, 2.24) is 10.6 Å². The fourth-order valence-corrected chi connectivity index (χ4v) is 1.31. The van der Waals surface area contributed by atoms with Gasteiger partial charge in [-0.15, -0.1) is 0 Å². The van der Waals surface area contributed by atoms with Gasteiger partial charge in [-0.3, -0.25) is 9.59 Å². The van der Waals surface area contributed by atoms with E-state index in [1.54, 1.807) is 0 Å². The minimum atomic E-state index is -0.613. The topological polar surface area (TPSA) is 78.4 Å². The van der Waals surface area contributed by atoms with Crippen molar-refractivity contribution in [3.05, 3.63) is 0 Å². The Balaban J connectivity index is 2.17. The molecule has 1 saturated carbocycles. The van der Waals surface area contributed by atoms with E-state index < -0.39 is 17.9 Å². The highest BCUT2D eigenvalue weighted by atomic mass is 16.3. The predicted octanol–water partition coefficient (Wildman–Crippen LogP) is 0.178. The van der Waals surface area contributed by atoms with Crippen LogP contribution in [0, 0.1) is 5.41 Å². The Labute approximate surface area is 102 Å². The number of amides is 2. The van der Waals surface area contributed by atoms with Crippen LogP contribution in [0.5, 0.6) is 0 Å². The lowest BCUT2D eigenvalue weighted by Crippen LogP contribution is -2.42. The van der Waals surface area contributed by atoms with Crippen molar-refractivity contribution in [3.8, 4) is 0 Å². The van der Waals surface area contributed by atoms with E-state index in [2.05, 4.69) is 10.6 Å². The van der Waals surface area contributed by atoms with Crippen LogP contribution in [0.4, 0.5) is 0 Å². The summed E-state index contributed by atoms with van der Waals surface area (Å²) in [7, 11) is 0. The fraction of sp³-hybridized carbons (Fsp3) is 0.833. The molecule has 0 saturated heterocycles. The third-order valence-electron chi connectivity index (χ3n) is 2.82. The molecule has 0 aliphatic heterocycles. The summed E-state index contributed by atoms with van der Waals surface area (Å²) in [6.07, 6.45) is 1.88. The minimum Gasteiger partial charge on any atom is -0.393 e. The first-order valence-electron chi connectivity index (χ1n) is 6.07. The molecule has 3 N–H and O–H groups in total. The Bertz CT molecular complexity index is 293. The van der Waals surface area contributed by atoms with Crippen molar-refractivity contribution in [2.75, 3.05) is 6.54 Å². The van der Waals surface area contributed by atoms with Gasteiger partial charge in [-0.25, -0.2) is 0 Å². The Morgan fingerprint density at radius 3 is 2.35 bits per heavy atom. The van der Waals surface area contributed by atoms with Gasteiger partial charge >= 0.3 is 11.8 Å². The molecule has 5 nitrogen and oxygen atoms in total. The molecule has 0 heterocycles. The first-order chi connectivity index (χ1) is 7.80. The van der Waals surface area contributed by atoms with Crippen molar-refractivity contribution in [1.29, 1.82) is 0 Å². The summed E-state index contributed by atoms with van der Waals surface area (Å²) in [6.45, 7) is 6.10. The van der Waals surface area contributed by atoms with Gasteiger partial charge in [-0.1, -0.05) is 20.8 Å². The third kappa shape index (κ3) is 5.17. The van der Waals surface area contributed by atoms with Crippen LogP contribution in [0.15, 0.2) is 0 Å². The zero-order valence-electron chi connectivity index (χ0n) is 10.7. The van der Waals surface area contributed by atoms with E-state index in [1.807, 2.05) is 20.8 Å². The maximum atomic E-state index is 11.3. The molecule has 5 heteroatoms. The monoisotopic (exact) mass is 242 g/mol. The average Bonchev–Trinajstić information content (AvgIpc) is 2.99. The van der Waals surface area contributed by atoms with Gasteiger partial charge in [0.25, 0.3) is 0 Å². The molecule has 17 heavy (non-hydrogen) atoms. The van der Waals surface area contributed by atoms with Crippen LogP contribution in [-0.4, -0.2) is 35.6 Å². The minimum absolute atomic E-state index is 0.188. The van der Waals surface area contributed by atoms with Crippen LogP contribution < -0.4 is 10.6 Å². The number of hydrogen-bond donors (Lipinski definition) is 3. The fourth-order valence-electron chi connectivity index (χ4n) is 1.31. The lowest BCUT2D eigenvalue weighted by atomic mass is 9.87. The molecule has 0 aromatic rings. The SMILES string of the molecule is CC(C)(C)[C@@H](O)CCNC(=O)C(=O)NC1CC1. The van der Waals surface area contributed by atoms with E-state index in [9.17, 15) is 14.7 Å². The maximum absolute atomic E-state index is 11.3. The molecule has 2 amide bonds. The summed E-state index contributed by atoms with van der Waals surface area (Å²) in [5.74, 6) is -1.18. The number of carbonyl (C=O) groups excluding carboxylic acids is 2. The van der Waals surface area contributed by atoms with Crippen molar-refractivity contribution < 1.29 is 14.7 Å². The molecular weight excluding hydrogens is 220 g/mol. The molecule has 1 atom stereocenters. The zero-order valence-corrected chi connectivity index (χ0v) is 10.7. The van der Waals surface area contributed by atoms with E-state index in [1.165, 1.54) is 0 Å². The maximum Gasteiger partial charge on any atom is 0.309 e. The van der Waals surface area contributed by atoms with Crippen LogP contribution in [-0.2, 0) is 9.59 Å². The standard InChI is InChI=1S/C12H22N2O3/c1-12(2,3)9(15)6-7-13-10(16)11(17)14-8-4-5-8/h8-9,15H,4-7H2,1-3H3,(H,13,16)(H,14,17)/t9-/m0/s1. The van der Waals surface area contributed by atoms with Gasteiger partial charge in [0, 0.05) is 12.6 Å². The van der Waals surface area contributed by atoms with Gasteiger partial charge in [0.2, 0.25) is 0 Å². The van der Waals surface area contributed by atoms with Crippen molar-refractivity contribution in [2.24, 2.45) is 5.41 Å². The molecule has 0 aromatic carbocycles. The van der Waals surface area contributed by atoms with E-state index in [0.717, 1.165) is 12.8 Å². The van der Waals surface area contributed by atoms with Crippen LogP contribution in [0.25, 0.3) is 0 Å². The lowest BCUT2D eigenvalue weighted by molar-refractivity contribution is -0.139. The van der Waals surface area contributed by atoms with Crippen molar-refractivity contribution >= 4 is 11.8 Å². The van der Waals surface area contributed by atoms with Gasteiger partial charge in [0.15, 0.2) is 0 Å². The molecule has 1 fully saturated rings. The Morgan fingerprint density at radius 2 is 1.88 bits per heavy atom. The molecule has 1 aliphatic carbocycles. The van der Waals surface area contributed by atoms with Gasteiger partial charge in [0.05, 0.1) is 6.10 Å². The summed E-state index contributed by atoms with van der Waals surface area (Å²) in [4.78, 5) is 22.6.